The summed E-state index contributed by atoms with van der Waals surface area (Å²) in [6, 6.07) is 3.71. The molecular formula is C13H19F2N. The lowest BCUT2D eigenvalue weighted by Gasteiger charge is -2.20. The van der Waals surface area contributed by atoms with Crippen LogP contribution in [-0.4, -0.2) is 6.04 Å². The Balaban J connectivity index is 2.72. The molecule has 1 N–H and O–H groups in total. The fourth-order valence-corrected chi connectivity index (χ4v) is 1.88. The lowest BCUT2D eigenvalue weighted by atomic mass is 10.1. The van der Waals surface area contributed by atoms with Crippen molar-refractivity contribution in [3.05, 3.63) is 35.4 Å². The number of nitrogens with one attached hydrogen (secondary N) is 1. The first-order valence-corrected chi connectivity index (χ1v) is 5.75. The Morgan fingerprint density at radius 2 is 1.94 bits per heavy atom. The number of rotatable bonds is 5. The molecule has 2 unspecified atom stereocenters. The van der Waals surface area contributed by atoms with Crippen molar-refractivity contribution >= 4 is 0 Å². The lowest BCUT2D eigenvalue weighted by molar-refractivity contribution is 0.438. The van der Waals surface area contributed by atoms with E-state index in [4.69, 9.17) is 0 Å². The third kappa shape index (κ3) is 3.56. The molecule has 1 nitrogen and oxygen atoms in total. The molecule has 0 saturated heterocycles. The van der Waals surface area contributed by atoms with Crippen LogP contribution in [0.4, 0.5) is 8.78 Å². The van der Waals surface area contributed by atoms with E-state index in [-0.39, 0.29) is 11.9 Å². The van der Waals surface area contributed by atoms with Crippen molar-refractivity contribution in [2.45, 2.75) is 45.7 Å². The highest BCUT2D eigenvalue weighted by Crippen LogP contribution is 2.18. The second-order valence-corrected chi connectivity index (χ2v) is 4.24. The summed E-state index contributed by atoms with van der Waals surface area (Å²) in [5, 5.41) is 3.26. The molecule has 16 heavy (non-hydrogen) atoms. The van der Waals surface area contributed by atoms with Crippen LogP contribution < -0.4 is 5.32 Å². The minimum absolute atomic E-state index is 0.169. The minimum atomic E-state index is -0.395. The predicted molar refractivity (Wildman–Crippen MR) is 62.3 cm³/mol. The zero-order valence-corrected chi connectivity index (χ0v) is 10.1. The molecule has 1 aromatic rings. The van der Waals surface area contributed by atoms with Crippen LogP contribution in [0.15, 0.2) is 18.2 Å². The number of hydrogen-bond acceptors (Lipinski definition) is 1. The standard InChI is InChI=1S/C13H19F2N/c1-4-5-9(2)16-10(3)12-8-11(14)6-7-13(12)15/h6-10,16H,4-5H2,1-3H3. The molecule has 1 aromatic carbocycles. The highest BCUT2D eigenvalue weighted by atomic mass is 19.1. The van der Waals surface area contributed by atoms with E-state index < -0.39 is 5.82 Å². The van der Waals surface area contributed by atoms with Crippen LogP contribution in [0.1, 0.15) is 45.2 Å². The fourth-order valence-electron chi connectivity index (χ4n) is 1.88. The Bertz CT molecular complexity index is 339. The van der Waals surface area contributed by atoms with Crippen LogP contribution in [-0.2, 0) is 0 Å². The molecule has 0 bridgehead atoms. The summed E-state index contributed by atoms with van der Waals surface area (Å²) in [5.41, 5.74) is 0.392. The first kappa shape index (κ1) is 13.1. The van der Waals surface area contributed by atoms with Gasteiger partial charge in [-0.1, -0.05) is 13.3 Å². The van der Waals surface area contributed by atoms with Crippen LogP contribution in [0, 0.1) is 11.6 Å². The molecule has 0 aliphatic heterocycles. The normalized spacial score (nSPS) is 14.8. The Labute approximate surface area is 95.9 Å². The summed E-state index contributed by atoms with van der Waals surface area (Å²) in [6.45, 7) is 6.01. The van der Waals surface area contributed by atoms with Gasteiger partial charge < -0.3 is 5.32 Å². The Kier molecular flexibility index (Phi) is 4.87. The van der Waals surface area contributed by atoms with Crippen molar-refractivity contribution in [2.24, 2.45) is 0 Å². The highest BCUT2D eigenvalue weighted by molar-refractivity contribution is 5.21. The van der Waals surface area contributed by atoms with Crippen molar-refractivity contribution in [1.29, 1.82) is 0 Å². The van der Waals surface area contributed by atoms with Crippen molar-refractivity contribution in [3.63, 3.8) is 0 Å². The maximum Gasteiger partial charge on any atom is 0.128 e. The summed E-state index contributed by atoms with van der Waals surface area (Å²) in [7, 11) is 0. The average molecular weight is 227 g/mol. The molecule has 1 rings (SSSR count). The molecular weight excluding hydrogens is 208 g/mol. The van der Waals surface area contributed by atoms with Gasteiger partial charge in [0.2, 0.25) is 0 Å². The first-order valence-electron chi connectivity index (χ1n) is 5.75. The molecule has 0 fully saturated rings. The minimum Gasteiger partial charge on any atom is -0.308 e. The summed E-state index contributed by atoms with van der Waals surface area (Å²) in [5.74, 6) is -0.752. The Morgan fingerprint density at radius 1 is 1.25 bits per heavy atom. The van der Waals surface area contributed by atoms with Crippen LogP contribution >= 0.6 is 0 Å². The van der Waals surface area contributed by atoms with Crippen LogP contribution in [0.2, 0.25) is 0 Å². The topological polar surface area (TPSA) is 12.0 Å². The molecule has 0 saturated carbocycles. The SMILES string of the molecule is CCCC(C)NC(C)c1cc(F)ccc1F. The molecule has 0 aliphatic carbocycles. The quantitative estimate of drug-likeness (QED) is 0.806. The molecule has 2 atom stereocenters. The maximum atomic E-state index is 13.4. The molecule has 0 aliphatic rings. The number of benzene rings is 1. The third-order valence-corrected chi connectivity index (χ3v) is 2.68. The summed E-state index contributed by atoms with van der Waals surface area (Å²) in [4.78, 5) is 0. The van der Waals surface area contributed by atoms with Gasteiger partial charge in [-0.2, -0.15) is 0 Å². The zero-order valence-electron chi connectivity index (χ0n) is 10.1. The van der Waals surface area contributed by atoms with Gasteiger partial charge in [0.25, 0.3) is 0 Å². The summed E-state index contributed by atoms with van der Waals surface area (Å²) in [6.07, 6.45) is 2.10. The summed E-state index contributed by atoms with van der Waals surface area (Å²) >= 11 is 0. The second-order valence-electron chi connectivity index (χ2n) is 4.24. The van der Waals surface area contributed by atoms with E-state index in [1.54, 1.807) is 0 Å². The lowest BCUT2D eigenvalue weighted by Crippen LogP contribution is -2.29. The van der Waals surface area contributed by atoms with E-state index >= 15 is 0 Å². The number of hydrogen-bond donors (Lipinski definition) is 1. The van der Waals surface area contributed by atoms with Gasteiger partial charge >= 0.3 is 0 Å². The van der Waals surface area contributed by atoms with Crippen molar-refractivity contribution in [3.8, 4) is 0 Å². The molecule has 0 radical (unpaired) electrons. The monoisotopic (exact) mass is 227 g/mol. The third-order valence-electron chi connectivity index (χ3n) is 2.68. The predicted octanol–water partition coefficient (Wildman–Crippen LogP) is 3.80. The van der Waals surface area contributed by atoms with E-state index in [0.717, 1.165) is 18.9 Å². The van der Waals surface area contributed by atoms with Gasteiger partial charge in [0.05, 0.1) is 0 Å². The van der Waals surface area contributed by atoms with E-state index in [0.29, 0.717) is 11.6 Å². The highest BCUT2D eigenvalue weighted by Gasteiger charge is 2.13. The molecule has 0 amide bonds. The first-order chi connectivity index (χ1) is 7.54. The molecule has 0 aromatic heterocycles. The Morgan fingerprint density at radius 3 is 2.56 bits per heavy atom. The fraction of sp³-hybridized carbons (Fsp3) is 0.538. The molecule has 90 valence electrons. The van der Waals surface area contributed by atoms with Crippen molar-refractivity contribution in [2.75, 3.05) is 0 Å². The van der Waals surface area contributed by atoms with E-state index in [2.05, 4.69) is 19.2 Å². The largest absolute Gasteiger partial charge is 0.308 e. The molecule has 0 heterocycles. The van der Waals surface area contributed by atoms with Crippen molar-refractivity contribution in [1.82, 2.24) is 5.32 Å². The van der Waals surface area contributed by atoms with Gasteiger partial charge in [0, 0.05) is 17.6 Å². The van der Waals surface area contributed by atoms with Crippen LogP contribution in [0.3, 0.4) is 0 Å². The summed E-state index contributed by atoms with van der Waals surface area (Å²) < 4.78 is 26.4. The molecule has 0 spiro atoms. The van der Waals surface area contributed by atoms with Gasteiger partial charge in [-0.05, 0) is 38.5 Å². The van der Waals surface area contributed by atoms with Gasteiger partial charge in [-0.15, -0.1) is 0 Å². The van der Waals surface area contributed by atoms with Gasteiger partial charge in [-0.25, -0.2) is 8.78 Å². The average Bonchev–Trinajstić information content (AvgIpc) is 2.21. The molecule has 3 heteroatoms. The van der Waals surface area contributed by atoms with Crippen molar-refractivity contribution < 1.29 is 8.78 Å². The Hall–Kier alpha value is -0.960. The van der Waals surface area contributed by atoms with Crippen LogP contribution in [0.5, 0.6) is 0 Å². The van der Waals surface area contributed by atoms with Gasteiger partial charge in [-0.3, -0.25) is 0 Å². The number of halogens is 2. The van der Waals surface area contributed by atoms with E-state index in [1.165, 1.54) is 12.1 Å². The smallest absolute Gasteiger partial charge is 0.128 e. The maximum absolute atomic E-state index is 13.4. The van der Waals surface area contributed by atoms with E-state index in [1.807, 2.05) is 6.92 Å². The van der Waals surface area contributed by atoms with Gasteiger partial charge in [0.1, 0.15) is 11.6 Å². The van der Waals surface area contributed by atoms with Gasteiger partial charge in [0.15, 0.2) is 0 Å². The van der Waals surface area contributed by atoms with E-state index in [9.17, 15) is 8.78 Å². The van der Waals surface area contributed by atoms with Crippen LogP contribution in [0.25, 0.3) is 0 Å². The second kappa shape index (κ2) is 5.94. The zero-order chi connectivity index (χ0) is 12.1.